The molecule has 2 heterocycles. The predicted octanol–water partition coefficient (Wildman–Crippen LogP) is 3.42. The Labute approximate surface area is 105 Å². The lowest BCUT2D eigenvalue weighted by atomic mass is 9.85. The van der Waals surface area contributed by atoms with Crippen LogP contribution in [0.1, 0.15) is 31.6 Å². The van der Waals surface area contributed by atoms with Crippen molar-refractivity contribution in [2.45, 2.75) is 38.4 Å². The quantitative estimate of drug-likeness (QED) is 0.883. The fourth-order valence-electron chi connectivity index (χ4n) is 2.13. The van der Waals surface area contributed by atoms with E-state index >= 15 is 0 Å². The van der Waals surface area contributed by atoms with E-state index in [0.717, 1.165) is 4.88 Å². The van der Waals surface area contributed by atoms with E-state index in [-0.39, 0.29) is 6.10 Å². The largest absolute Gasteiger partial charge is 0.384 e. The molecule has 0 amide bonds. The first-order valence-corrected chi connectivity index (χ1v) is 6.86. The third kappa shape index (κ3) is 2.28. The molecule has 1 aliphatic heterocycles. The van der Waals surface area contributed by atoms with Crippen LogP contribution in [-0.2, 0) is 10.3 Å². The van der Waals surface area contributed by atoms with Gasteiger partial charge in [-0.1, -0.05) is 25.4 Å². The van der Waals surface area contributed by atoms with Crippen LogP contribution in [0.3, 0.4) is 0 Å². The molecule has 0 radical (unpaired) electrons. The van der Waals surface area contributed by atoms with Gasteiger partial charge in [0.15, 0.2) is 0 Å². The number of thiophene rings is 1. The van der Waals surface area contributed by atoms with Gasteiger partial charge in [-0.15, -0.1) is 11.3 Å². The molecule has 0 aliphatic carbocycles. The minimum absolute atomic E-state index is 0.122. The zero-order valence-electron chi connectivity index (χ0n) is 9.57. The standard InChI is InChI=1S/C12H17ClO2S/c1-8(2)10-7-12(14,4-5-15-10)11-9(13)3-6-16-11/h3,6,8,10,14H,4-5,7H2,1-2H3. The fraction of sp³-hybridized carbons (Fsp3) is 0.667. The van der Waals surface area contributed by atoms with Gasteiger partial charge in [0.1, 0.15) is 5.60 Å². The summed E-state index contributed by atoms with van der Waals surface area (Å²) in [5.41, 5.74) is -0.793. The molecule has 0 saturated carbocycles. The van der Waals surface area contributed by atoms with E-state index in [2.05, 4.69) is 13.8 Å². The Kier molecular flexibility index (Phi) is 3.59. The topological polar surface area (TPSA) is 29.5 Å². The van der Waals surface area contributed by atoms with Gasteiger partial charge in [0, 0.05) is 12.8 Å². The Morgan fingerprint density at radius 1 is 1.62 bits per heavy atom. The molecule has 16 heavy (non-hydrogen) atoms. The van der Waals surface area contributed by atoms with Crippen LogP contribution in [0.25, 0.3) is 0 Å². The molecule has 1 N–H and O–H groups in total. The van der Waals surface area contributed by atoms with Crippen molar-refractivity contribution in [3.8, 4) is 0 Å². The number of aliphatic hydroxyl groups is 1. The normalized spacial score (nSPS) is 30.9. The van der Waals surface area contributed by atoms with Crippen molar-refractivity contribution in [2.75, 3.05) is 6.61 Å². The van der Waals surface area contributed by atoms with E-state index in [1.165, 1.54) is 11.3 Å². The second kappa shape index (κ2) is 4.65. The number of hydrogen-bond acceptors (Lipinski definition) is 3. The molecule has 0 bridgehead atoms. The van der Waals surface area contributed by atoms with Gasteiger partial charge in [-0.25, -0.2) is 0 Å². The highest BCUT2D eigenvalue weighted by Gasteiger charge is 2.39. The molecule has 0 spiro atoms. The third-order valence-corrected chi connectivity index (χ3v) is 4.70. The lowest BCUT2D eigenvalue weighted by Gasteiger charge is -2.38. The molecule has 2 atom stereocenters. The third-order valence-electron chi connectivity index (χ3n) is 3.17. The summed E-state index contributed by atoms with van der Waals surface area (Å²) in [4.78, 5) is 0.892. The number of halogens is 1. The summed E-state index contributed by atoms with van der Waals surface area (Å²) in [5.74, 6) is 0.422. The van der Waals surface area contributed by atoms with Crippen molar-refractivity contribution in [3.05, 3.63) is 21.3 Å². The number of ether oxygens (including phenoxy) is 1. The summed E-state index contributed by atoms with van der Waals surface area (Å²) < 4.78 is 5.67. The van der Waals surface area contributed by atoms with Crippen molar-refractivity contribution in [3.63, 3.8) is 0 Å². The number of rotatable bonds is 2. The van der Waals surface area contributed by atoms with E-state index in [1.807, 2.05) is 11.4 Å². The summed E-state index contributed by atoms with van der Waals surface area (Å²) in [6, 6.07) is 1.85. The molecule has 0 aromatic carbocycles. The van der Waals surface area contributed by atoms with Crippen LogP contribution in [-0.4, -0.2) is 17.8 Å². The summed E-state index contributed by atoms with van der Waals surface area (Å²) in [6.45, 7) is 4.84. The highest BCUT2D eigenvalue weighted by atomic mass is 35.5. The second-order valence-electron chi connectivity index (χ2n) is 4.74. The van der Waals surface area contributed by atoms with Crippen LogP contribution in [0, 0.1) is 5.92 Å². The SMILES string of the molecule is CC(C)C1CC(O)(c2sccc2Cl)CCO1. The predicted molar refractivity (Wildman–Crippen MR) is 67.0 cm³/mol. The second-order valence-corrected chi connectivity index (χ2v) is 6.06. The maximum absolute atomic E-state index is 10.7. The first kappa shape index (κ1) is 12.4. The summed E-state index contributed by atoms with van der Waals surface area (Å²) in [7, 11) is 0. The van der Waals surface area contributed by atoms with Crippen LogP contribution in [0.5, 0.6) is 0 Å². The molecular weight excluding hydrogens is 244 g/mol. The minimum Gasteiger partial charge on any atom is -0.384 e. The van der Waals surface area contributed by atoms with Gasteiger partial charge in [0.05, 0.1) is 22.6 Å². The zero-order chi connectivity index (χ0) is 11.8. The van der Waals surface area contributed by atoms with E-state index in [4.69, 9.17) is 16.3 Å². The molecule has 2 nitrogen and oxygen atoms in total. The lowest BCUT2D eigenvalue weighted by Crippen LogP contribution is -2.40. The Balaban J connectivity index is 2.22. The van der Waals surface area contributed by atoms with Gasteiger partial charge < -0.3 is 9.84 Å². The average molecular weight is 261 g/mol. The monoisotopic (exact) mass is 260 g/mol. The fourth-order valence-corrected chi connectivity index (χ4v) is 3.51. The van der Waals surface area contributed by atoms with Crippen molar-refractivity contribution in [1.29, 1.82) is 0 Å². The molecule has 90 valence electrons. The van der Waals surface area contributed by atoms with Gasteiger partial charge in [0.25, 0.3) is 0 Å². The minimum atomic E-state index is -0.793. The van der Waals surface area contributed by atoms with Gasteiger partial charge in [-0.05, 0) is 17.4 Å². The van der Waals surface area contributed by atoms with Gasteiger partial charge in [-0.2, -0.15) is 0 Å². The Bertz CT molecular complexity index is 364. The summed E-state index contributed by atoms with van der Waals surface area (Å²) >= 11 is 7.63. The maximum atomic E-state index is 10.7. The van der Waals surface area contributed by atoms with E-state index in [9.17, 15) is 5.11 Å². The maximum Gasteiger partial charge on any atom is 0.105 e. The van der Waals surface area contributed by atoms with Crippen molar-refractivity contribution >= 4 is 22.9 Å². The molecule has 1 saturated heterocycles. The van der Waals surface area contributed by atoms with Crippen molar-refractivity contribution in [1.82, 2.24) is 0 Å². The molecule has 1 aromatic rings. The highest BCUT2D eigenvalue weighted by molar-refractivity contribution is 7.10. The van der Waals surface area contributed by atoms with Gasteiger partial charge in [0.2, 0.25) is 0 Å². The molecule has 4 heteroatoms. The lowest BCUT2D eigenvalue weighted by molar-refractivity contribution is -0.119. The summed E-state index contributed by atoms with van der Waals surface area (Å²) in [6.07, 6.45) is 1.40. The molecule has 1 aliphatic rings. The van der Waals surface area contributed by atoms with Crippen LogP contribution < -0.4 is 0 Å². The van der Waals surface area contributed by atoms with Crippen LogP contribution >= 0.6 is 22.9 Å². The van der Waals surface area contributed by atoms with E-state index < -0.39 is 5.60 Å². The van der Waals surface area contributed by atoms with E-state index in [0.29, 0.717) is 30.4 Å². The molecule has 2 rings (SSSR count). The highest BCUT2D eigenvalue weighted by Crippen LogP contribution is 2.42. The smallest absolute Gasteiger partial charge is 0.105 e. The number of hydrogen-bond donors (Lipinski definition) is 1. The Morgan fingerprint density at radius 3 is 2.94 bits per heavy atom. The molecular formula is C12H17ClO2S. The van der Waals surface area contributed by atoms with Crippen LogP contribution in [0.2, 0.25) is 5.02 Å². The van der Waals surface area contributed by atoms with Crippen molar-refractivity contribution < 1.29 is 9.84 Å². The van der Waals surface area contributed by atoms with Crippen LogP contribution in [0.4, 0.5) is 0 Å². The molecule has 2 unspecified atom stereocenters. The first-order valence-electron chi connectivity index (χ1n) is 5.60. The Hall–Kier alpha value is -0.0900. The zero-order valence-corrected chi connectivity index (χ0v) is 11.1. The van der Waals surface area contributed by atoms with Gasteiger partial charge in [-0.3, -0.25) is 0 Å². The van der Waals surface area contributed by atoms with Gasteiger partial charge >= 0.3 is 0 Å². The van der Waals surface area contributed by atoms with Crippen molar-refractivity contribution in [2.24, 2.45) is 5.92 Å². The van der Waals surface area contributed by atoms with Crippen LogP contribution in [0.15, 0.2) is 11.4 Å². The first-order chi connectivity index (χ1) is 7.53. The van der Waals surface area contributed by atoms with E-state index in [1.54, 1.807) is 0 Å². The molecule has 1 fully saturated rings. The average Bonchev–Trinajstić information content (AvgIpc) is 2.65. The molecule has 1 aromatic heterocycles. The summed E-state index contributed by atoms with van der Waals surface area (Å²) in [5, 5.41) is 13.3. The Morgan fingerprint density at radius 2 is 2.38 bits per heavy atom.